The summed E-state index contributed by atoms with van der Waals surface area (Å²) in [6, 6.07) is -2.64. The van der Waals surface area contributed by atoms with E-state index in [1.54, 1.807) is 0 Å². The van der Waals surface area contributed by atoms with Crippen LogP contribution in [0.2, 0.25) is 0 Å². The van der Waals surface area contributed by atoms with Crippen LogP contribution in [0.4, 0.5) is 13.6 Å². The van der Waals surface area contributed by atoms with Crippen LogP contribution in [-0.2, 0) is 14.4 Å². The molecule has 0 aromatic heterocycles. The maximum absolute atomic E-state index is 12.9. The van der Waals surface area contributed by atoms with Crippen molar-refractivity contribution in [3.63, 3.8) is 0 Å². The Morgan fingerprint density at radius 2 is 2.00 bits per heavy atom. The molecular formula is C9H10F2N3NaO5. The van der Waals surface area contributed by atoms with E-state index in [1.165, 1.54) is 0 Å². The van der Waals surface area contributed by atoms with Gasteiger partial charge in [-0.05, 0) is 12.8 Å². The van der Waals surface area contributed by atoms with Crippen molar-refractivity contribution in [3.8, 4) is 0 Å². The van der Waals surface area contributed by atoms with Gasteiger partial charge in [0.15, 0.2) is 0 Å². The first-order valence-corrected chi connectivity index (χ1v) is 5.41. The van der Waals surface area contributed by atoms with E-state index in [9.17, 15) is 28.3 Å². The Morgan fingerprint density at radius 1 is 1.40 bits per heavy atom. The molecule has 0 saturated carbocycles. The van der Waals surface area contributed by atoms with Gasteiger partial charge in [-0.2, -0.15) is 18.7 Å². The van der Waals surface area contributed by atoms with Gasteiger partial charge in [-0.3, -0.25) is 4.79 Å². The zero-order valence-electron chi connectivity index (χ0n) is 10.5. The van der Waals surface area contributed by atoms with E-state index < -0.39 is 36.1 Å². The molecule has 20 heavy (non-hydrogen) atoms. The second-order valence-electron chi connectivity index (χ2n) is 4.31. The zero-order valence-corrected chi connectivity index (χ0v) is 12.5. The number of rotatable bonds is 4. The molecule has 2 rings (SSSR count). The van der Waals surface area contributed by atoms with Gasteiger partial charge in [0.1, 0.15) is 12.0 Å². The van der Waals surface area contributed by atoms with Gasteiger partial charge in [0.25, 0.3) is 0 Å². The number of nitrogens with two attached hydrogens (primary N) is 1. The van der Waals surface area contributed by atoms with E-state index in [-0.39, 0.29) is 54.0 Å². The van der Waals surface area contributed by atoms with Gasteiger partial charge in [0.2, 0.25) is 5.91 Å². The summed E-state index contributed by atoms with van der Waals surface area (Å²) < 4.78 is 25.8. The standard InChI is InChI=1S/C9H11F2N3O5.Na/c10-9(11,7(16)17)19-14-4-1-2-5(6(12)15)13(3-4)8(14)18;/h4-5H,1-3H2,(H2,12,15)(H,16,17);/q;+1/p-1/t4-,5-;/m0./s1. The SMILES string of the molecule is NC(=O)[C@@H]1CC[C@H]2CN1C(=O)N2OC(F)(F)C(=O)[O-].[Na+]. The molecule has 2 bridgehead atoms. The number of hydrogen-bond donors (Lipinski definition) is 1. The van der Waals surface area contributed by atoms with Crippen LogP contribution in [0.5, 0.6) is 0 Å². The molecular weight excluding hydrogens is 291 g/mol. The van der Waals surface area contributed by atoms with E-state index in [4.69, 9.17) is 5.73 Å². The Bertz CT molecular complexity index is 449. The van der Waals surface area contributed by atoms with Crippen molar-refractivity contribution >= 4 is 17.9 Å². The van der Waals surface area contributed by atoms with E-state index in [0.717, 1.165) is 4.90 Å². The monoisotopic (exact) mass is 301 g/mol. The predicted molar refractivity (Wildman–Crippen MR) is 51.0 cm³/mol. The smallest absolute Gasteiger partial charge is 0.542 e. The number of fused-ring (bicyclic) bond motifs is 2. The van der Waals surface area contributed by atoms with Crippen LogP contribution in [0.25, 0.3) is 0 Å². The van der Waals surface area contributed by atoms with Crippen molar-refractivity contribution in [1.29, 1.82) is 0 Å². The fourth-order valence-corrected chi connectivity index (χ4v) is 2.21. The fraction of sp³-hybridized carbons (Fsp3) is 0.667. The van der Waals surface area contributed by atoms with Gasteiger partial charge < -0.3 is 20.5 Å². The number of aliphatic carboxylic acids is 1. The number of primary amides is 1. The molecule has 2 atom stereocenters. The third-order valence-electron chi connectivity index (χ3n) is 3.10. The number of nitrogens with zero attached hydrogens (tertiary/aromatic N) is 2. The summed E-state index contributed by atoms with van der Waals surface area (Å²) in [6.45, 7) is -0.0183. The molecule has 0 aromatic rings. The summed E-state index contributed by atoms with van der Waals surface area (Å²) >= 11 is 0. The first-order valence-electron chi connectivity index (χ1n) is 5.41. The maximum atomic E-state index is 12.9. The van der Waals surface area contributed by atoms with E-state index in [0.29, 0.717) is 0 Å². The third-order valence-corrected chi connectivity index (χ3v) is 3.10. The molecule has 0 radical (unpaired) electrons. The van der Waals surface area contributed by atoms with Gasteiger partial charge >= 0.3 is 41.7 Å². The van der Waals surface area contributed by atoms with Crippen LogP contribution < -0.4 is 40.4 Å². The van der Waals surface area contributed by atoms with Gasteiger partial charge in [-0.1, -0.05) is 0 Å². The Morgan fingerprint density at radius 3 is 2.50 bits per heavy atom. The molecule has 0 aliphatic carbocycles. The second-order valence-corrected chi connectivity index (χ2v) is 4.31. The molecule has 3 amide bonds. The zero-order chi connectivity index (χ0) is 14.4. The summed E-state index contributed by atoms with van der Waals surface area (Å²) in [5, 5.41) is 10.4. The van der Waals surface area contributed by atoms with Crippen LogP contribution in [-0.4, -0.2) is 52.6 Å². The van der Waals surface area contributed by atoms with Gasteiger partial charge in [-0.15, -0.1) is 0 Å². The largest absolute Gasteiger partial charge is 1.00 e. The van der Waals surface area contributed by atoms with E-state index in [2.05, 4.69) is 4.84 Å². The van der Waals surface area contributed by atoms with Crippen LogP contribution in [0.15, 0.2) is 0 Å². The number of hydroxylamine groups is 2. The molecule has 0 unspecified atom stereocenters. The van der Waals surface area contributed by atoms with Gasteiger partial charge in [0.05, 0.1) is 6.04 Å². The van der Waals surface area contributed by atoms with Gasteiger partial charge in [-0.25, -0.2) is 4.79 Å². The van der Waals surface area contributed by atoms with Crippen molar-refractivity contribution in [3.05, 3.63) is 0 Å². The number of alkyl halides is 2. The number of carboxylic acids is 1. The van der Waals surface area contributed by atoms with Crippen molar-refractivity contribution < 1.29 is 62.7 Å². The third kappa shape index (κ3) is 2.87. The number of urea groups is 1. The Kier molecular flexibility index (Phi) is 4.95. The topological polar surface area (TPSA) is 116 Å². The summed E-state index contributed by atoms with van der Waals surface area (Å²) in [4.78, 5) is 37.9. The van der Waals surface area contributed by atoms with Crippen molar-refractivity contribution in [2.24, 2.45) is 5.73 Å². The summed E-state index contributed by atoms with van der Waals surface area (Å²) in [7, 11) is 0. The minimum Gasteiger partial charge on any atom is -0.542 e. The van der Waals surface area contributed by atoms with Crippen molar-refractivity contribution in [2.75, 3.05) is 6.54 Å². The number of amides is 3. The number of carbonyl (C=O) groups excluding carboxylic acids is 3. The number of piperidine rings is 1. The molecule has 2 N–H and O–H groups in total. The summed E-state index contributed by atoms with van der Waals surface area (Å²) in [5.74, 6) is -3.50. The van der Waals surface area contributed by atoms with E-state index >= 15 is 0 Å². The molecule has 2 fully saturated rings. The molecule has 2 aliphatic rings. The predicted octanol–water partition coefficient (Wildman–Crippen LogP) is -4.98. The average molecular weight is 301 g/mol. The molecule has 0 aromatic carbocycles. The molecule has 0 spiro atoms. The van der Waals surface area contributed by atoms with Crippen molar-refractivity contribution in [1.82, 2.24) is 9.96 Å². The number of halogens is 2. The second kappa shape index (κ2) is 5.80. The first kappa shape index (κ1) is 17.1. The minimum absolute atomic E-state index is 0. The van der Waals surface area contributed by atoms with Crippen molar-refractivity contribution in [2.45, 2.75) is 31.0 Å². The molecule has 11 heteroatoms. The number of hydrogen-bond acceptors (Lipinski definition) is 5. The van der Waals surface area contributed by atoms with Crippen LogP contribution in [0.1, 0.15) is 12.8 Å². The maximum Gasteiger partial charge on any atom is 1.00 e. The summed E-state index contributed by atoms with van der Waals surface area (Å²) in [5.41, 5.74) is 5.09. The minimum atomic E-state index is -4.61. The summed E-state index contributed by atoms with van der Waals surface area (Å²) in [6.07, 6.45) is -4.20. The van der Waals surface area contributed by atoms with Gasteiger partial charge in [0, 0.05) is 6.54 Å². The Hall–Kier alpha value is -0.970. The molecule has 2 heterocycles. The Labute approximate surface area is 134 Å². The first-order chi connectivity index (χ1) is 8.74. The van der Waals surface area contributed by atoms with E-state index in [1.807, 2.05) is 0 Å². The fourth-order valence-electron chi connectivity index (χ4n) is 2.21. The molecule has 2 aliphatic heterocycles. The normalized spacial score (nSPS) is 25.4. The van der Waals surface area contributed by atoms with Crippen LogP contribution >= 0.6 is 0 Å². The molecule has 8 nitrogen and oxygen atoms in total. The molecule has 2 saturated heterocycles. The quantitative estimate of drug-likeness (QED) is 0.522. The number of carbonyl (C=O) groups is 3. The number of carboxylic acid groups (broad SMARTS) is 1. The molecule has 106 valence electrons. The van der Waals surface area contributed by atoms with Crippen LogP contribution in [0.3, 0.4) is 0 Å². The van der Waals surface area contributed by atoms with Crippen LogP contribution in [0, 0.1) is 0 Å². The Balaban J connectivity index is 0.00000200. The average Bonchev–Trinajstić information content (AvgIpc) is 2.54.